The zero-order valence-corrected chi connectivity index (χ0v) is 13.1. The minimum atomic E-state index is -0.416. The third-order valence-electron chi connectivity index (χ3n) is 2.88. The first kappa shape index (κ1) is 17.2. The fourth-order valence-corrected chi connectivity index (χ4v) is 1.93. The molecule has 1 N–H and O–H groups in total. The number of nitro benzene ring substituents is 1. The van der Waals surface area contributed by atoms with Gasteiger partial charge in [0.1, 0.15) is 5.69 Å². The SMILES string of the molecule is CCCOc1cccc(NCC(C)(C)OCC)c1[N+](=O)[O-]. The molecule has 6 nitrogen and oxygen atoms in total. The second kappa shape index (κ2) is 7.83. The quantitative estimate of drug-likeness (QED) is 0.556. The highest BCUT2D eigenvalue weighted by molar-refractivity contribution is 5.68. The van der Waals surface area contributed by atoms with Gasteiger partial charge >= 0.3 is 5.69 Å². The van der Waals surface area contributed by atoms with E-state index < -0.39 is 10.5 Å². The monoisotopic (exact) mass is 296 g/mol. The maximum atomic E-state index is 11.3. The van der Waals surface area contributed by atoms with E-state index in [0.717, 1.165) is 6.42 Å². The number of benzene rings is 1. The zero-order chi connectivity index (χ0) is 15.9. The van der Waals surface area contributed by atoms with Gasteiger partial charge in [0, 0.05) is 13.2 Å². The highest BCUT2D eigenvalue weighted by Gasteiger charge is 2.23. The third-order valence-corrected chi connectivity index (χ3v) is 2.88. The van der Waals surface area contributed by atoms with Crippen molar-refractivity contribution >= 4 is 11.4 Å². The molecule has 1 aromatic rings. The Kier molecular flexibility index (Phi) is 6.42. The molecule has 0 fully saturated rings. The molecule has 0 spiro atoms. The van der Waals surface area contributed by atoms with E-state index in [-0.39, 0.29) is 5.69 Å². The Morgan fingerprint density at radius 1 is 1.33 bits per heavy atom. The number of rotatable bonds is 9. The van der Waals surface area contributed by atoms with E-state index in [4.69, 9.17) is 9.47 Å². The number of hydrogen-bond donors (Lipinski definition) is 1. The lowest BCUT2D eigenvalue weighted by Crippen LogP contribution is -2.33. The second-order valence-corrected chi connectivity index (χ2v) is 5.30. The molecule has 0 unspecified atom stereocenters. The van der Waals surface area contributed by atoms with Gasteiger partial charge in [-0.05, 0) is 39.3 Å². The van der Waals surface area contributed by atoms with E-state index in [2.05, 4.69) is 5.32 Å². The van der Waals surface area contributed by atoms with Crippen LogP contribution in [0.15, 0.2) is 18.2 Å². The summed E-state index contributed by atoms with van der Waals surface area (Å²) in [7, 11) is 0. The van der Waals surface area contributed by atoms with Crippen molar-refractivity contribution in [1.29, 1.82) is 0 Å². The first-order chi connectivity index (χ1) is 9.91. The van der Waals surface area contributed by atoms with Crippen molar-refractivity contribution in [3.8, 4) is 5.75 Å². The molecule has 0 amide bonds. The number of anilines is 1. The summed E-state index contributed by atoms with van der Waals surface area (Å²) in [5.41, 5.74) is 0.0164. The van der Waals surface area contributed by atoms with E-state index in [9.17, 15) is 10.1 Å². The van der Waals surface area contributed by atoms with Crippen LogP contribution in [0.1, 0.15) is 34.1 Å². The molecular formula is C15H24N2O4. The average Bonchev–Trinajstić information content (AvgIpc) is 2.42. The van der Waals surface area contributed by atoms with Crippen molar-refractivity contribution in [3.05, 3.63) is 28.3 Å². The van der Waals surface area contributed by atoms with Crippen LogP contribution >= 0.6 is 0 Å². The van der Waals surface area contributed by atoms with Crippen molar-refractivity contribution in [2.75, 3.05) is 25.1 Å². The van der Waals surface area contributed by atoms with Crippen molar-refractivity contribution < 1.29 is 14.4 Å². The standard InChI is InChI=1S/C15H24N2O4/c1-5-10-20-13-9-7-8-12(14(13)17(18)19)16-11-15(3,4)21-6-2/h7-9,16H,5-6,10-11H2,1-4H3. The maximum absolute atomic E-state index is 11.3. The van der Waals surface area contributed by atoms with Gasteiger partial charge in [0.05, 0.1) is 17.1 Å². The van der Waals surface area contributed by atoms with Crippen molar-refractivity contribution in [2.24, 2.45) is 0 Å². The van der Waals surface area contributed by atoms with Crippen LogP contribution in [0.3, 0.4) is 0 Å². The summed E-state index contributed by atoms with van der Waals surface area (Å²) >= 11 is 0. The topological polar surface area (TPSA) is 73.6 Å². The van der Waals surface area contributed by atoms with Gasteiger partial charge in [-0.15, -0.1) is 0 Å². The van der Waals surface area contributed by atoms with Crippen LogP contribution < -0.4 is 10.1 Å². The normalized spacial score (nSPS) is 11.2. The summed E-state index contributed by atoms with van der Waals surface area (Å²) < 4.78 is 11.0. The molecule has 0 aliphatic rings. The van der Waals surface area contributed by atoms with Gasteiger partial charge in [0.25, 0.3) is 0 Å². The summed E-state index contributed by atoms with van der Waals surface area (Å²) in [5.74, 6) is 0.293. The molecule has 0 aliphatic carbocycles. The van der Waals surface area contributed by atoms with Crippen LogP contribution in [-0.4, -0.2) is 30.3 Å². The van der Waals surface area contributed by atoms with Crippen molar-refractivity contribution in [1.82, 2.24) is 0 Å². The molecule has 1 aromatic carbocycles. The van der Waals surface area contributed by atoms with Gasteiger partial charge in [0.15, 0.2) is 5.75 Å². The van der Waals surface area contributed by atoms with Gasteiger partial charge < -0.3 is 14.8 Å². The molecule has 21 heavy (non-hydrogen) atoms. The molecular weight excluding hydrogens is 272 g/mol. The molecule has 6 heteroatoms. The predicted molar refractivity (Wildman–Crippen MR) is 83.1 cm³/mol. The van der Waals surface area contributed by atoms with E-state index in [1.54, 1.807) is 18.2 Å². The summed E-state index contributed by atoms with van der Waals surface area (Å²) in [6.45, 7) is 9.27. The number of nitro groups is 1. The van der Waals surface area contributed by atoms with Crippen LogP contribution in [0.4, 0.5) is 11.4 Å². The molecule has 0 saturated carbocycles. The molecule has 1 rings (SSSR count). The molecule has 0 saturated heterocycles. The van der Waals surface area contributed by atoms with Crippen molar-refractivity contribution in [2.45, 2.75) is 39.7 Å². The molecule has 0 aromatic heterocycles. The fraction of sp³-hybridized carbons (Fsp3) is 0.600. The Labute approximate surface area is 125 Å². The zero-order valence-electron chi connectivity index (χ0n) is 13.1. The van der Waals surface area contributed by atoms with E-state index in [1.165, 1.54) is 0 Å². The fourth-order valence-electron chi connectivity index (χ4n) is 1.93. The number of nitrogens with zero attached hydrogens (tertiary/aromatic N) is 1. The lowest BCUT2D eigenvalue weighted by atomic mass is 10.1. The van der Waals surface area contributed by atoms with Gasteiger partial charge in [-0.3, -0.25) is 10.1 Å². The van der Waals surface area contributed by atoms with Crippen LogP contribution in [0, 0.1) is 10.1 Å². The third kappa shape index (κ3) is 5.23. The highest BCUT2D eigenvalue weighted by Crippen LogP contribution is 2.35. The van der Waals surface area contributed by atoms with Crippen LogP contribution in [0.5, 0.6) is 5.75 Å². The van der Waals surface area contributed by atoms with Gasteiger partial charge in [0.2, 0.25) is 0 Å². The second-order valence-electron chi connectivity index (χ2n) is 5.30. The predicted octanol–water partition coefficient (Wildman–Crippen LogP) is 3.61. The number of para-hydroxylation sites is 1. The van der Waals surface area contributed by atoms with Gasteiger partial charge in [-0.25, -0.2) is 0 Å². The van der Waals surface area contributed by atoms with E-state index in [1.807, 2.05) is 27.7 Å². The number of nitrogens with one attached hydrogen (secondary N) is 1. The smallest absolute Gasteiger partial charge is 0.333 e. The lowest BCUT2D eigenvalue weighted by Gasteiger charge is -2.25. The first-order valence-electron chi connectivity index (χ1n) is 7.19. The van der Waals surface area contributed by atoms with Gasteiger partial charge in [-0.1, -0.05) is 13.0 Å². The average molecular weight is 296 g/mol. The Bertz CT molecular complexity index is 475. The molecule has 0 heterocycles. The molecule has 0 bridgehead atoms. The Morgan fingerprint density at radius 3 is 2.62 bits per heavy atom. The maximum Gasteiger partial charge on any atom is 0.333 e. The summed E-state index contributed by atoms with van der Waals surface area (Å²) in [4.78, 5) is 10.9. The number of hydrogen-bond acceptors (Lipinski definition) is 5. The van der Waals surface area contributed by atoms with Crippen molar-refractivity contribution in [3.63, 3.8) is 0 Å². The number of ether oxygens (including phenoxy) is 2. The molecule has 118 valence electrons. The van der Waals surface area contributed by atoms with Crippen LogP contribution in [0.25, 0.3) is 0 Å². The minimum Gasteiger partial charge on any atom is -0.487 e. The molecule has 0 aliphatic heterocycles. The highest BCUT2D eigenvalue weighted by atomic mass is 16.6. The summed E-state index contributed by atoms with van der Waals surface area (Å²) in [6, 6.07) is 5.04. The van der Waals surface area contributed by atoms with Crippen LogP contribution in [-0.2, 0) is 4.74 Å². The molecule has 0 atom stereocenters. The lowest BCUT2D eigenvalue weighted by molar-refractivity contribution is -0.385. The van der Waals surface area contributed by atoms with Crippen LogP contribution in [0.2, 0.25) is 0 Å². The Balaban J connectivity index is 2.93. The summed E-state index contributed by atoms with van der Waals surface area (Å²) in [5, 5.41) is 14.4. The first-order valence-corrected chi connectivity index (χ1v) is 7.19. The van der Waals surface area contributed by atoms with E-state index >= 15 is 0 Å². The Hall–Kier alpha value is -1.82. The Morgan fingerprint density at radius 2 is 2.05 bits per heavy atom. The molecule has 0 radical (unpaired) electrons. The van der Waals surface area contributed by atoms with Gasteiger partial charge in [-0.2, -0.15) is 0 Å². The minimum absolute atomic E-state index is 0.0294. The largest absolute Gasteiger partial charge is 0.487 e. The van der Waals surface area contributed by atoms with E-state index in [0.29, 0.717) is 31.2 Å². The summed E-state index contributed by atoms with van der Waals surface area (Å²) in [6.07, 6.45) is 0.798.